The number of fused-ring (bicyclic) bond motifs is 3. The van der Waals surface area contributed by atoms with Gasteiger partial charge in [0, 0.05) is 49.0 Å². The molecule has 0 aromatic heterocycles. The molecule has 1 amide bonds. The second-order valence-corrected chi connectivity index (χ2v) is 9.48. The van der Waals surface area contributed by atoms with Gasteiger partial charge in [0.25, 0.3) is 5.69 Å². The third-order valence-corrected chi connectivity index (χ3v) is 6.64. The van der Waals surface area contributed by atoms with Crippen molar-refractivity contribution in [1.29, 1.82) is 0 Å². The van der Waals surface area contributed by atoms with Crippen molar-refractivity contribution in [3.63, 3.8) is 0 Å². The summed E-state index contributed by atoms with van der Waals surface area (Å²) < 4.78 is 5.56. The lowest BCUT2D eigenvalue weighted by Crippen LogP contribution is -2.61. The number of methoxy groups -OCH3 is 1. The van der Waals surface area contributed by atoms with E-state index >= 15 is 0 Å². The predicted octanol–water partition coefficient (Wildman–Crippen LogP) is 3.90. The summed E-state index contributed by atoms with van der Waals surface area (Å²) in [6, 6.07) is 10.4. The van der Waals surface area contributed by atoms with E-state index in [1.807, 2.05) is 18.2 Å². The van der Waals surface area contributed by atoms with Gasteiger partial charge in [0.05, 0.1) is 29.7 Å². The highest BCUT2D eigenvalue weighted by atomic mass is 35.5. The third kappa shape index (κ3) is 4.71. The van der Waals surface area contributed by atoms with Gasteiger partial charge in [-0.05, 0) is 42.2 Å². The van der Waals surface area contributed by atoms with E-state index < -0.39 is 0 Å². The minimum Gasteiger partial charge on any atom is -0.495 e. The number of piperazine rings is 1. The topological polar surface area (TPSA) is 87.9 Å². The van der Waals surface area contributed by atoms with Gasteiger partial charge in [-0.2, -0.15) is 0 Å². The fraction of sp³-hybridized carbons (Fsp3) is 0.458. The second kappa shape index (κ2) is 9.47. The number of halogens is 1. The van der Waals surface area contributed by atoms with Gasteiger partial charge in [-0.1, -0.05) is 25.4 Å². The van der Waals surface area contributed by atoms with Crippen molar-refractivity contribution in [2.24, 2.45) is 11.8 Å². The number of anilines is 2. The molecule has 0 radical (unpaired) electrons. The maximum atomic E-state index is 13.3. The highest BCUT2D eigenvalue weighted by Crippen LogP contribution is 2.40. The zero-order valence-corrected chi connectivity index (χ0v) is 19.8. The first-order valence-electron chi connectivity index (χ1n) is 11.2. The van der Waals surface area contributed by atoms with Crippen LogP contribution in [0.4, 0.5) is 17.1 Å². The van der Waals surface area contributed by atoms with Crippen LogP contribution in [0.5, 0.6) is 5.75 Å². The average Bonchev–Trinajstić information content (AvgIpc) is 2.81. The standard InChI is InChI=1S/C24H29ClN4O4/c1-15(2)13-26-24(30)19-11-16-10-18(29(31)32)5-6-20(16)28-9-8-27(14-22(19)28)21-12-17(25)4-7-23(21)33-3/h4-7,10,12,15,19,22H,8-9,11,13-14H2,1-3H3,(H,26,30)/t19-,22-/m0/s1. The maximum absolute atomic E-state index is 13.3. The number of rotatable bonds is 6. The Labute approximate surface area is 198 Å². The molecule has 2 atom stereocenters. The van der Waals surface area contributed by atoms with Gasteiger partial charge >= 0.3 is 0 Å². The van der Waals surface area contributed by atoms with Crippen molar-refractivity contribution in [3.05, 3.63) is 57.1 Å². The molecule has 0 saturated carbocycles. The fourth-order valence-corrected chi connectivity index (χ4v) is 4.95. The van der Waals surface area contributed by atoms with Gasteiger partial charge in [-0.3, -0.25) is 14.9 Å². The molecule has 4 rings (SSSR count). The molecule has 176 valence electrons. The summed E-state index contributed by atoms with van der Waals surface area (Å²) in [5.41, 5.74) is 2.77. The molecule has 33 heavy (non-hydrogen) atoms. The molecule has 1 N–H and O–H groups in total. The molecule has 8 nitrogen and oxygen atoms in total. The molecule has 0 spiro atoms. The fourth-order valence-electron chi connectivity index (χ4n) is 4.79. The van der Waals surface area contributed by atoms with Crippen LogP contribution in [0.1, 0.15) is 19.4 Å². The SMILES string of the molecule is COc1ccc(Cl)cc1N1CCN2c3ccc([N+](=O)[O-])cc3C[C@H](C(=O)NCC(C)C)[C@@H]2C1. The Hall–Kier alpha value is -3.00. The van der Waals surface area contributed by atoms with Crippen molar-refractivity contribution in [3.8, 4) is 5.75 Å². The Bertz CT molecular complexity index is 1060. The van der Waals surface area contributed by atoms with Crippen LogP contribution in [-0.2, 0) is 11.2 Å². The van der Waals surface area contributed by atoms with Crippen LogP contribution in [0.2, 0.25) is 5.02 Å². The Kier molecular flexibility index (Phi) is 6.65. The maximum Gasteiger partial charge on any atom is 0.269 e. The molecule has 0 unspecified atom stereocenters. The molecule has 0 bridgehead atoms. The summed E-state index contributed by atoms with van der Waals surface area (Å²) >= 11 is 6.28. The second-order valence-electron chi connectivity index (χ2n) is 9.04. The lowest BCUT2D eigenvalue weighted by molar-refractivity contribution is -0.384. The first-order chi connectivity index (χ1) is 15.8. The van der Waals surface area contributed by atoms with Crippen LogP contribution in [0.15, 0.2) is 36.4 Å². The van der Waals surface area contributed by atoms with Gasteiger partial charge in [0.2, 0.25) is 5.91 Å². The molecule has 2 aliphatic heterocycles. The Morgan fingerprint density at radius 1 is 1.24 bits per heavy atom. The van der Waals surface area contributed by atoms with E-state index in [0.29, 0.717) is 43.5 Å². The van der Waals surface area contributed by atoms with Crippen LogP contribution >= 0.6 is 11.6 Å². The zero-order chi connectivity index (χ0) is 23.7. The number of hydrogen-bond donors (Lipinski definition) is 1. The Balaban J connectivity index is 1.68. The lowest BCUT2D eigenvalue weighted by Gasteiger charge is -2.49. The molecule has 2 aliphatic rings. The van der Waals surface area contributed by atoms with E-state index in [9.17, 15) is 14.9 Å². The van der Waals surface area contributed by atoms with Crippen molar-refractivity contribution < 1.29 is 14.5 Å². The van der Waals surface area contributed by atoms with E-state index in [-0.39, 0.29) is 28.5 Å². The minimum atomic E-state index is -0.385. The largest absolute Gasteiger partial charge is 0.495 e. The van der Waals surface area contributed by atoms with Crippen LogP contribution in [0, 0.1) is 22.0 Å². The average molecular weight is 473 g/mol. The van der Waals surface area contributed by atoms with Gasteiger partial charge in [0.1, 0.15) is 5.75 Å². The number of hydrogen-bond acceptors (Lipinski definition) is 6. The number of carbonyl (C=O) groups is 1. The van der Waals surface area contributed by atoms with Crippen molar-refractivity contribution in [2.45, 2.75) is 26.3 Å². The number of benzene rings is 2. The Morgan fingerprint density at radius 3 is 2.73 bits per heavy atom. The molecule has 2 aromatic rings. The highest BCUT2D eigenvalue weighted by Gasteiger charge is 2.42. The zero-order valence-electron chi connectivity index (χ0n) is 19.1. The summed E-state index contributed by atoms with van der Waals surface area (Å²) in [6.45, 7) is 6.71. The summed E-state index contributed by atoms with van der Waals surface area (Å²) in [6.07, 6.45) is 0.461. The number of amides is 1. The van der Waals surface area contributed by atoms with Gasteiger partial charge < -0.3 is 19.9 Å². The first-order valence-corrected chi connectivity index (χ1v) is 11.6. The number of nitrogens with zero attached hydrogens (tertiary/aromatic N) is 3. The van der Waals surface area contributed by atoms with Crippen LogP contribution in [0.3, 0.4) is 0 Å². The minimum absolute atomic E-state index is 0.0178. The summed E-state index contributed by atoms with van der Waals surface area (Å²) in [7, 11) is 1.63. The predicted molar refractivity (Wildman–Crippen MR) is 129 cm³/mol. The molecule has 9 heteroatoms. The summed E-state index contributed by atoms with van der Waals surface area (Å²) in [5.74, 6) is 0.725. The molecule has 1 saturated heterocycles. The normalized spacial score (nSPS) is 19.7. The lowest BCUT2D eigenvalue weighted by atomic mass is 9.83. The van der Waals surface area contributed by atoms with Crippen molar-refractivity contribution in [1.82, 2.24) is 5.32 Å². The van der Waals surface area contributed by atoms with Gasteiger partial charge in [-0.25, -0.2) is 0 Å². The highest BCUT2D eigenvalue weighted by molar-refractivity contribution is 6.31. The smallest absolute Gasteiger partial charge is 0.269 e. The third-order valence-electron chi connectivity index (χ3n) is 6.41. The molecule has 1 fully saturated rings. The van der Waals surface area contributed by atoms with Gasteiger partial charge in [-0.15, -0.1) is 0 Å². The number of non-ortho nitro benzene ring substituents is 1. The summed E-state index contributed by atoms with van der Waals surface area (Å²) in [5, 5.41) is 15.0. The van der Waals surface area contributed by atoms with E-state index in [1.54, 1.807) is 25.3 Å². The number of carbonyl (C=O) groups excluding carboxylic acids is 1. The van der Waals surface area contributed by atoms with E-state index in [4.69, 9.17) is 16.3 Å². The first kappa shape index (κ1) is 23.2. The van der Waals surface area contributed by atoms with E-state index in [1.165, 1.54) is 0 Å². The van der Waals surface area contributed by atoms with Crippen LogP contribution < -0.4 is 19.9 Å². The number of nitrogens with one attached hydrogen (secondary N) is 1. The Morgan fingerprint density at radius 2 is 2.03 bits per heavy atom. The number of nitro benzene ring substituents is 1. The molecule has 2 heterocycles. The monoisotopic (exact) mass is 472 g/mol. The number of ether oxygens (including phenoxy) is 1. The number of nitro groups is 1. The van der Waals surface area contributed by atoms with Crippen molar-refractivity contribution in [2.75, 3.05) is 43.1 Å². The molecular weight excluding hydrogens is 444 g/mol. The van der Waals surface area contributed by atoms with Crippen LogP contribution in [-0.4, -0.2) is 50.2 Å². The summed E-state index contributed by atoms with van der Waals surface area (Å²) in [4.78, 5) is 28.7. The van der Waals surface area contributed by atoms with Crippen molar-refractivity contribution >= 4 is 34.6 Å². The quantitative estimate of drug-likeness (QED) is 0.506. The molecular formula is C24H29ClN4O4. The van der Waals surface area contributed by atoms with E-state index in [2.05, 4.69) is 29.0 Å². The van der Waals surface area contributed by atoms with Gasteiger partial charge in [0.15, 0.2) is 0 Å². The van der Waals surface area contributed by atoms with E-state index in [0.717, 1.165) is 22.7 Å². The molecule has 0 aliphatic carbocycles. The van der Waals surface area contributed by atoms with Crippen LogP contribution in [0.25, 0.3) is 0 Å². The molecule has 2 aromatic carbocycles.